The van der Waals surface area contributed by atoms with Crippen molar-refractivity contribution in [3.63, 3.8) is 0 Å². The molecule has 3 aromatic carbocycles. The molecular weight excluding hydrogens is 419 g/mol. The average Bonchev–Trinajstić information content (AvgIpc) is 2.66. The number of nitrogens with one attached hydrogen (secondary N) is 2. The molecule has 0 aliphatic carbocycles. The Balaban J connectivity index is 1.67. The first-order valence-corrected chi connectivity index (χ1v) is 10.7. The molecule has 0 saturated carbocycles. The van der Waals surface area contributed by atoms with Crippen molar-refractivity contribution >= 4 is 49.9 Å². The summed E-state index contributed by atoms with van der Waals surface area (Å²) < 4.78 is 27.7. The van der Waals surface area contributed by atoms with Crippen molar-refractivity contribution in [3.8, 4) is 0 Å². The van der Waals surface area contributed by atoms with Crippen molar-refractivity contribution in [1.29, 1.82) is 0 Å². The number of hydrogen-bond acceptors (Lipinski definition) is 3. The Morgan fingerprint density at radius 2 is 1.71 bits per heavy atom. The van der Waals surface area contributed by atoms with E-state index in [9.17, 15) is 13.2 Å². The first kappa shape index (κ1) is 20.6. The summed E-state index contributed by atoms with van der Waals surface area (Å²) in [5.74, 6) is -0.463. The molecule has 0 aliphatic heterocycles. The third kappa shape index (κ3) is 4.83. The van der Waals surface area contributed by atoms with E-state index in [1.807, 2.05) is 24.3 Å². The van der Waals surface area contributed by atoms with E-state index in [1.165, 1.54) is 13.0 Å². The molecule has 1 atom stereocenters. The maximum absolute atomic E-state index is 12.6. The van der Waals surface area contributed by atoms with Crippen molar-refractivity contribution in [2.24, 2.45) is 0 Å². The lowest BCUT2D eigenvalue weighted by Gasteiger charge is -2.15. The predicted molar refractivity (Wildman–Crippen MR) is 112 cm³/mol. The van der Waals surface area contributed by atoms with Gasteiger partial charge in [-0.05, 0) is 47.5 Å². The number of carbonyl (C=O) groups excluding carboxylic acids is 1. The lowest BCUT2D eigenvalue weighted by molar-refractivity contribution is -0.122. The number of carbonyl (C=O) groups is 1. The van der Waals surface area contributed by atoms with Gasteiger partial charge in [0.05, 0.1) is 10.9 Å². The quantitative estimate of drug-likeness (QED) is 0.609. The Bertz CT molecular complexity index is 1130. The Hall–Kier alpha value is -2.12. The summed E-state index contributed by atoms with van der Waals surface area (Å²) in [6.07, 6.45) is 0. The van der Waals surface area contributed by atoms with E-state index in [-0.39, 0.29) is 11.4 Å². The molecule has 3 rings (SSSR count). The van der Waals surface area contributed by atoms with E-state index < -0.39 is 22.0 Å². The van der Waals surface area contributed by atoms with Crippen LogP contribution in [0.2, 0.25) is 10.0 Å². The molecule has 8 heteroatoms. The van der Waals surface area contributed by atoms with Gasteiger partial charge in [0.1, 0.15) is 0 Å². The molecular formula is C20H18Cl2N2O3S. The molecule has 28 heavy (non-hydrogen) atoms. The van der Waals surface area contributed by atoms with Crippen LogP contribution in [0.25, 0.3) is 10.8 Å². The fraction of sp³-hybridized carbons (Fsp3) is 0.150. The van der Waals surface area contributed by atoms with Gasteiger partial charge in [-0.1, -0.05) is 59.6 Å². The van der Waals surface area contributed by atoms with Gasteiger partial charge in [0.25, 0.3) is 0 Å². The van der Waals surface area contributed by atoms with Crippen LogP contribution in [0.4, 0.5) is 0 Å². The van der Waals surface area contributed by atoms with Crippen molar-refractivity contribution in [2.75, 3.05) is 0 Å². The van der Waals surface area contributed by atoms with E-state index in [0.717, 1.165) is 10.8 Å². The van der Waals surface area contributed by atoms with Crippen molar-refractivity contribution in [3.05, 3.63) is 76.3 Å². The second kappa shape index (κ2) is 8.49. The number of hydrogen-bond donors (Lipinski definition) is 2. The van der Waals surface area contributed by atoms with Gasteiger partial charge in [0, 0.05) is 16.6 Å². The molecule has 0 fully saturated rings. The highest BCUT2D eigenvalue weighted by molar-refractivity contribution is 7.89. The third-order valence-electron chi connectivity index (χ3n) is 4.22. The number of benzene rings is 3. The molecule has 1 amide bonds. The molecule has 0 bridgehead atoms. The van der Waals surface area contributed by atoms with Crippen molar-refractivity contribution < 1.29 is 13.2 Å². The van der Waals surface area contributed by atoms with Gasteiger partial charge in [-0.2, -0.15) is 4.72 Å². The third-order valence-corrected chi connectivity index (χ3v) is 6.35. The number of amides is 1. The number of halogens is 2. The zero-order chi connectivity index (χ0) is 20.3. The van der Waals surface area contributed by atoms with Crippen LogP contribution in [0.15, 0.2) is 65.6 Å². The van der Waals surface area contributed by atoms with Gasteiger partial charge in [-0.25, -0.2) is 8.42 Å². The van der Waals surface area contributed by atoms with Gasteiger partial charge in [-0.3, -0.25) is 4.79 Å². The molecule has 0 spiro atoms. The van der Waals surface area contributed by atoms with Crippen LogP contribution in [0.3, 0.4) is 0 Å². The van der Waals surface area contributed by atoms with E-state index >= 15 is 0 Å². The molecule has 5 nitrogen and oxygen atoms in total. The standard InChI is InChI=1S/C20H18Cl2N2O3S/c1-13(20(25)23-12-16-6-8-17(21)11-19(16)22)24-28(26,27)18-9-7-14-4-2-3-5-15(14)10-18/h2-11,13,24H,12H2,1H3,(H,23,25)/t13-/m1/s1. The second-order valence-corrected chi connectivity index (χ2v) is 8.86. The Kier molecular flexibility index (Phi) is 6.25. The number of sulfonamides is 1. The zero-order valence-corrected chi connectivity index (χ0v) is 17.3. The largest absolute Gasteiger partial charge is 0.351 e. The van der Waals surface area contributed by atoms with E-state index in [2.05, 4.69) is 10.0 Å². The number of rotatable bonds is 6. The van der Waals surface area contributed by atoms with Crippen LogP contribution in [-0.4, -0.2) is 20.4 Å². The summed E-state index contributed by atoms with van der Waals surface area (Å²) in [7, 11) is -3.85. The maximum atomic E-state index is 12.6. The van der Waals surface area contributed by atoms with E-state index in [0.29, 0.717) is 15.6 Å². The molecule has 0 aromatic heterocycles. The van der Waals surface area contributed by atoms with Crippen LogP contribution in [0.1, 0.15) is 12.5 Å². The summed E-state index contributed by atoms with van der Waals surface area (Å²) in [6.45, 7) is 1.65. The summed E-state index contributed by atoms with van der Waals surface area (Å²) in [4.78, 5) is 12.4. The molecule has 0 saturated heterocycles. The highest BCUT2D eigenvalue weighted by Crippen LogP contribution is 2.21. The maximum Gasteiger partial charge on any atom is 0.241 e. The van der Waals surface area contributed by atoms with E-state index in [4.69, 9.17) is 23.2 Å². The van der Waals surface area contributed by atoms with Crippen LogP contribution >= 0.6 is 23.2 Å². The smallest absolute Gasteiger partial charge is 0.241 e. The van der Waals surface area contributed by atoms with Crippen molar-refractivity contribution in [2.45, 2.75) is 24.4 Å². The summed E-state index contributed by atoms with van der Waals surface area (Å²) in [5, 5.41) is 5.34. The summed E-state index contributed by atoms with van der Waals surface area (Å²) in [6, 6.07) is 16.3. The minimum absolute atomic E-state index is 0.103. The summed E-state index contributed by atoms with van der Waals surface area (Å²) in [5.41, 5.74) is 0.684. The number of fused-ring (bicyclic) bond motifs is 1. The first-order valence-electron chi connectivity index (χ1n) is 8.49. The Morgan fingerprint density at radius 1 is 1.00 bits per heavy atom. The lowest BCUT2D eigenvalue weighted by atomic mass is 10.1. The fourth-order valence-electron chi connectivity index (χ4n) is 2.69. The minimum Gasteiger partial charge on any atom is -0.351 e. The lowest BCUT2D eigenvalue weighted by Crippen LogP contribution is -2.44. The van der Waals surface area contributed by atoms with E-state index in [1.54, 1.807) is 30.3 Å². The van der Waals surface area contributed by atoms with Gasteiger partial charge in [0.15, 0.2) is 0 Å². The van der Waals surface area contributed by atoms with Crippen LogP contribution < -0.4 is 10.0 Å². The molecule has 2 N–H and O–H groups in total. The van der Waals surface area contributed by atoms with Crippen molar-refractivity contribution in [1.82, 2.24) is 10.0 Å². The molecule has 0 heterocycles. The van der Waals surface area contributed by atoms with Crippen LogP contribution in [-0.2, 0) is 21.4 Å². The predicted octanol–water partition coefficient (Wildman–Crippen LogP) is 4.13. The zero-order valence-electron chi connectivity index (χ0n) is 14.9. The monoisotopic (exact) mass is 436 g/mol. The molecule has 0 radical (unpaired) electrons. The highest BCUT2D eigenvalue weighted by Gasteiger charge is 2.22. The van der Waals surface area contributed by atoms with Crippen LogP contribution in [0.5, 0.6) is 0 Å². The van der Waals surface area contributed by atoms with Crippen LogP contribution in [0, 0.1) is 0 Å². The topological polar surface area (TPSA) is 75.3 Å². The van der Waals surface area contributed by atoms with Gasteiger partial charge >= 0.3 is 0 Å². The highest BCUT2D eigenvalue weighted by atomic mass is 35.5. The fourth-order valence-corrected chi connectivity index (χ4v) is 4.40. The minimum atomic E-state index is -3.85. The Morgan fingerprint density at radius 3 is 2.43 bits per heavy atom. The van der Waals surface area contributed by atoms with Gasteiger partial charge in [0.2, 0.25) is 15.9 Å². The van der Waals surface area contributed by atoms with Gasteiger partial charge in [-0.15, -0.1) is 0 Å². The normalized spacial score (nSPS) is 12.7. The summed E-state index contributed by atoms with van der Waals surface area (Å²) >= 11 is 11.9. The molecule has 0 aliphatic rings. The van der Waals surface area contributed by atoms with Gasteiger partial charge < -0.3 is 5.32 Å². The molecule has 146 valence electrons. The molecule has 0 unspecified atom stereocenters. The average molecular weight is 437 g/mol. The SMILES string of the molecule is C[C@@H](NS(=O)(=O)c1ccc2ccccc2c1)C(=O)NCc1ccc(Cl)cc1Cl. The molecule has 3 aromatic rings. The Labute approximate surface area is 173 Å². The first-order chi connectivity index (χ1) is 13.3. The second-order valence-electron chi connectivity index (χ2n) is 6.31.